The van der Waals surface area contributed by atoms with Gasteiger partial charge in [0.15, 0.2) is 0 Å². The van der Waals surface area contributed by atoms with E-state index in [0.717, 1.165) is 5.56 Å². The minimum atomic E-state index is -0.630. The Morgan fingerprint density at radius 2 is 1.95 bits per heavy atom. The summed E-state index contributed by atoms with van der Waals surface area (Å²) in [5.41, 5.74) is 4.93. The summed E-state index contributed by atoms with van der Waals surface area (Å²) >= 11 is 6.05. The highest BCUT2D eigenvalue weighted by Gasteiger charge is 2.25. The second kappa shape index (κ2) is 16.5. The molecule has 0 bridgehead atoms. The van der Waals surface area contributed by atoms with Crippen molar-refractivity contribution in [2.24, 2.45) is 5.10 Å². The largest absolute Gasteiger partial charge is 0.465 e. The molecule has 2 aromatic carbocycles. The lowest BCUT2D eigenvalue weighted by atomic mass is 9.96. The molecule has 0 saturated carbocycles. The Balaban J connectivity index is 2.26. The highest BCUT2D eigenvalue weighted by atomic mass is 35.5. The van der Waals surface area contributed by atoms with Crippen molar-refractivity contribution in [3.8, 4) is 11.1 Å². The number of nitrogens with zero attached hydrogens (tertiary/aromatic N) is 1. The smallest absolute Gasteiger partial charge is 0.323 e. The summed E-state index contributed by atoms with van der Waals surface area (Å²) in [6.07, 6.45) is 2.88. The Morgan fingerprint density at radius 3 is 2.61 bits per heavy atom. The van der Waals surface area contributed by atoms with Crippen LogP contribution in [0.3, 0.4) is 0 Å². The maximum Gasteiger partial charge on any atom is 0.323 e. The lowest BCUT2D eigenvalue weighted by molar-refractivity contribution is -0.146. The Labute approximate surface area is 228 Å². The average molecular weight is 547 g/mol. The van der Waals surface area contributed by atoms with E-state index >= 15 is 0 Å². The van der Waals surface area contributed by atoms with Gasteiger partial charge in [0, 0.05) is 48.8 Å². The molecule has 10 heteroatoms. The van der Waals surface area contributed by atoms with E-state index in [0.29, 0.717) is 54.1 Å². The van der Waals surface area contributed by atoms with E-state index in [-0.39, 0.29) is 24.3 Å². The van der Waals surface area contributed by atoms with E-state index in [2.05, 4.69) is 27.9 Å². The van der Waals surface area contributed by atoms with E-state index < -0.39 is 12.1 Å². The quantitative estimate of drug-likeness (QED) is 0.0957. The van der Waals surface area contributed by atoms with Crippen molar-refractivity contribution in [3.05, 3.63) is 70.6 Å². The van der Waals surface area contributed by atoms with Gasteiger partial charge in [-0.1, -0.05) is 35.9 Å². The van der Waals surface area contributed by atoms with E-state index in [9.17, 15) is 14.0 Å². The molecule has 38 heavy (non-hydrogen) atoms. The average Bonchev–Trinajstić information content (AvgIpc) is 2.90. The zero-order chi connectivity index (χ0) is 27.9. The molecule has 2 atom stereocenters. The maximum absolute atomic E-state index is 14.3. The number of methoxy groups -OCH3 is 1. The molecule has 2 aromatic rings. The number of hydrogen-bond donors (Lipinski definition) is 3. The molecule has 3 N–H and O–H groups in total. The fourth-order valence-electron chi connectivity index (χ4n) is 3.81. The van der Waals surface area contributed by atoms with Crippen molar-refractivity contribution in [3.63, 3.8) is 0 Å². The first-order valence-corrected chi connectivity index (χ1v) is 12.8. The lowest BCUT2D eigenvalue weighted by Gasteiger charge is -2.25. The fourth-order valence-corrected chi connectivity index (χ4v) is 3.98. The Bertz CT molecular complexity index is 1090. The van der Waals surface area contributed by atoms with Gasteiger partial charge in [0.05, 0.1) is 6.61 Å². The summed E-state index contributed by atoms with van der Waals surface area (Å²) in [5, 5.41) is 10.2. The molecular formula is C28H36ClFN4O4. The van der Waals surface area contributed by atoms with Gasteiger partial charge < -0.3 is 20.1 Å². The van der Waals surface area contributed by atoms with Crippen LogP contribution >= 0.6 is 11.6 Å². The highest BCUT2D eigenvalue weighted by molar-refractivity contribution is 6.30. The molecule has 8 nitrogen and oxygen atoms in total. The van der Waals surface area contributed by atoms with Gasteiger partial charge in [-0.3, -0.25) is 15.0 Å². The number of halogens is 2. The fraction of sp³-hybridized carbons (Fsp3) is 0.393. The van der Waals surface area contributed by atoms with Crippen molar-refractivity contribution >= 4 is 30.2 Å². The number of amides is 1. The molecule has 1 amide bonds. The van der Waals surface area contributed by atoms with Crippen LogP contribution in [0.4, 0.5) is 4.39 Å². The van der Waals surface area contributed by atoms with Crippen LogP contribution < -0.4 is 16.1 Å². The Morgan fingerprint density at radius 1 is 1.21 bits per heavy atom. The van der Waals surface area contributed by atoms with Crippen LogP contribution in [0.5, 0.6) is 0 Å². The molecule has 1 unspecified atom stereocenters. The van der Waals surface area contributed by atoms with Crippen LogP contribution in [0.1, 0.15) is 32.3 Å². The van der Waals surface area contributed by atoms with E-state index in [1.165, 1.54) is 18.3 Å². The molecule has 0 heterocycles. The van der Waals surface area contributed by atoms with Gasteiger partial charge in [-0.2, -0.15) is 5.10 Å². The summed E-state index contributed by atoms with van der Waals surface area (Å²) in [6.45, 7) is 8.07. The van der Waals surface area contributed by atoms with Crippen molar-refractivity contribution in [1.29, 1.82) is 0 Å². The van der Waals surface area contributed by atoms with Crippen LogP contribution in [0.25, 0.3) is 11.1 Å². The first kappa shape index (κ1) is 31.0. The summed E-state index contributed by atoms with van der Waals surface area (Å²) in [5.74, 6) is -1.07. The molecule has 0 aromatic heterocycles. The predicted molar refractivity (Wildman–Crippen MR) is 148 cm³/mol. The second-order valence-electron chi connectivity index (χ2n) is 8.65. The molecule has 0 aliphatic carbocycles. The normalized spacial score (nSPS) is 12.9. The Kier molecular flexibility index (Phi) is 13.5. The summed E-state index contributed by atoms with van der Waals surface area (Å²) in [6, 6.07) is 10.7. The summed E-state index contributed by atoms with van der Waals surface area (Å²) in [4.78, 5) is 25.5. The summed E-state index contributed by atoms with van der Waals surface area (Å²) < 4.78 is 24.7. The molecule has 2 rings (SSSR count). The van der Waals surface area contributed by atoms with Crippen LogP contribution in [0.15, 0.2) is 59.3 Å². The standard InChI is InChI=1S/C28H36ClFN4O4/c1-5-38-28(36)26(32-13-6-14-37-4)17-23(34-27(35)19(2)18-33-31-3)15-20-7-9-21(10-8-20)24-16-22(29)11-12-25(24)30/h7-12,16,18,23,26,32-33H,3,5-6,13-15,17H2,1-2,4H3,(H,34,35)/b19-18+/t23-,26?/m1/s1. The van der Waals surface area contributed by atoms with Crippen LogP contribution in [0, 0.1) is 5.82 Å². The highest BCUT2D eigenvalue weighted by Crippen LogP contribution is 2.26. The topological polar surface area (TPSA) is 101 Å². The first-order valence-electron chi connectivity index (χ1n) is 12.4. The molecule has 0 saturated heterocycles. The minimum Gasteiger partial charge on any atom is -0.465 e. The number of rotatable bonds is 16. The van der Waals surface area contributed by atoms with Gasteiger partial charge in [-0.05, 0) is 69.0 Å². The molecule has 206 valence electrons. The van der Waals surface area contributed by atoms with E-state index in [1.807, 2.05) is 12.1 Å². The zero-order valence-electron chi connectivity index (χ0n) is 22.1. The monoisotopic (exact) mass is 546 g/mol. The van der Waals surface area contributed by atoms with Gasteiger partial charge in [0.25, 0.3) is 0 Å². The minimum absolute atomic E-state index is 0.246. The van der Waals surface area contributed by atoms with Crippen LogP contribution in [-0.2, 0) is 25.5 Å². The molecule has 0 fully saturated rings. The third-order valence-corrected chi connectivity index (χ3v) is 5.98. The van der Waals surface area contributed by atoms with Gasteiger partial charge in [-0.15, -0.1) is 0 Å². The van der Waals surface area contributed by atoms with Gasteiger partial charge in [-0.25, -0.2) is 4.39 Å². The lowest BCUT2D eigenvalue weighted by Crippen LogP contribution is -2.47. The van der Waals surface area contributed by atoms with Gasteiger partial charge >= 0.3 is 5.97 Å². The number of benzene rings is 2. The van der Waals surface area contributed by atoms with Gasteiger partial charge in [0.2, 0.25) is 5.91 Å². The molecule has 0 spiro atoms. The SMILES string of the molecule is C=NN/C=C(\C)C(=O)N[C@H](Cc1ccc(-c2cc(Cl)ccc2F)cc1)CC(NCCCOC)C(=O)OCC. The Hall–Kier alpha value is -3.27. The van der Waals surface area contributed by atoms with Crippen molar-refractivity contribution in [1.82, 2.24) is 16.1 Å². The number of hydrazone groups is 1. The maximum atomic E-state index is 14.3. The van der Waals surface area contributed by atoms with Crippen LogP contribution in [0.2, 0.25) is 5.02 Å². The van der Waals surface area contributed by atoms with Crippen molar-refractivity contribution in [2.45, 2.75) is 45.2 Å². The van der Waals surface area contributed by atoms with E-state index in [1.54, 1.807) is 39.2 Å². The number of esters is 1. The number of carbonyl (C=O) groups excluding carboxylic acids is 2. The second-order valence-corrected chi connectivity index (χ2v) is 9.09. The third kappa shape index (κ3) is 10.2. The number of nitrogens with one attached hydrogen (secondary N) is 3. The van der Waals surface area contributed by atoms with Gasteiger partial charge in [0.1, 0.15) is 11.9 Å². The van der Waals surface area contributed by atoms with Crippen molar-refractivity contribution in [2.75, 3.05) is 26.9 Å². The predicted octanol–water partition coefficient (Wildman–Crippen LogP) is 4.23. The molecule has 0 radical (unpaired) electrons. The van der Waals surface area contributed by atoms with E-state index in [4.69, 9.17) is 21.1 Å². The number of ether oxygens (including phenoxy) is 2. The first-order chi connectivity index (χ1) is 18.3. The molecule has 0 aliphatic rings. The number of hydrogen-bond acceptors (Lipinski definition) is 7. The van der Waals surface area contributed by atoms with Crippen molar-refractivity contribution < 1.29 is 23.5 Å². The number of carbonyl (C=O) groups is 2. The third-order valence-electron chi connectivity index (χ3n) is 5.75. The molecule has 0 aliphatic heterocycles. The summed E-state index contributed by atoms with van der Waals surface area (Å²) in [7, 11) is 1.62. The molecular weight excluding hydrogens is 511 g/mol. The van der Waals surface area contributed by atoms with Crippen LogP contribution in [-0.4, -0.2) is 57.5 Å². The zero-order valence-corrected chi connectivity index (χ0v) is 22.8.